The number of benzene rings is 1. The van der Waals surface area contributed by atoms with Crippen LogP contribution in [-0.2, 0) is 4.74 Å². The second-order valence-corrected chi connectivity index (χ2v) is 4.96. The van der Waals surface area contributed by atoms with Crippen LogP contribution < -0.4 is 5.32 Å². The third-order valence-corrected chi connectivity index (χ3v) is 3.67. The van der Waals surface area contributed by atoms with Crippen molar-refractivity contribution in [3.63, 3.8) is 0 Å². The van der Waals surface area contributed by atoms with Crippen molar-refractivity contribution in [3.05, 3.63) is 36.0 Å². The SMILES string of the molecule is CCOC1CC(NC(=O)c2cccc3[nH]ccc23)C1. The van der Waals surface area contributed by atoms with E-state index in [-0.39, 0.29) is 11.9 Å². The van der Waals surface area contributed by atoms with Gasteiger partial charge < -0.3 is 15.0 Å². The second kappa shape index (κ2) is 5.05. The number of hydrogen-bond acceptors (Lipinski definition) is 2. The predicted octanol–water partition coefficient (Wildman–Crippen LogP) is 2.47. The first-order chi connectivity index (χ1) is 9.28. The van der Waals surface area contributed by atoms with E-state index in [0.717, 1.165) is 35.9 Å². The van der Waals surface area contributed by atoms with Gasteiger partial charge in [-0.05, 0) is 38.0 Å². The van der Waals surface area contributed by atoms with Gasteiger partial charge in [0.2, 0.25) is 0 Å². The molecule has 1 saturated carbocycles. The van der Waals surface area contributed by atoms with E-state index in [0.29, 0.717) is 6.10 Å². The van der Waals surface area contributed by atoms with Crippen LogP contribution in [0.1, 0.15) is 30.1 Å². The lowest BCUT2D eigenvalue weighted by Crippen LogP contribution is -2.47. The Balaban J connectivity index is 1.67. The van der Waals surface area contributed by atoms with Gasteiger partial charge in [0.1, 0.15) is 0 Å². The molecule has 0 aliphatic heterocycles. The maximum Gasteiger partial charge on any atom is 0.252 e. The van der Waals surface area contributed by atoms with Gasteiger partial charge in [0, 0.05) is 35.3 Å². The van der Waals surface area contributed by atoms with Crippen molar-refractivity contribution in [1.29, 1.82) is 0 Å². The molecule has 2 N–H and O–H groups in total. The summed E-state index contributed by atoms with van der Waals surface area (Å²) in [5.74, 6) is 0.00477. The summed E-state index contributed by atoms with van der Waals surface area (Å²) in [6.07, 6.45) is 4.01. The van der Waals surface area contributed by atoms with E-state index < -0.39 is 0 Å². The fraction of sp³-hybridized carbons (Fsp3) is 0.400. The summed E-state index contributed by atoms with van der Waals surface area (Å²) in [4.78, 5) is 15.4. The Labute approximate surface area is 112 Å². The van der Waals surface area contributed by atoms with Crippen molar-refractivity contribution in [3.8, 4) is 0 Å². The smallest absolute Gasteiger partial charge is 0.252 e. The van der Waals surface area contributed by atoms with E-state index >= 15 is 0 Å². The molecule has 1 fully saturated rings. The summed E-state index contributed by atoms with van der Waals surface area (Å²) in [6.45, 7) is 2.74. The molecule has 3 rings (SSSR count). The molecule has 1 aromatic heterocycles. The molecular formula is C15H18N2O2. The number of carbonyl (C=O) groups is 1. The molecule has 0 saturated heterocycles. The van der Waals surface area contributed by atoms with Gasteiger partial charge in [0.25, 0.3) is 5.91 Å². The zero-order chi connectivity index (χ0) is 13.2. The van der Waals surface area contributed by atoms with Crippen LogP contribution in [0.15, 0.2) is 30.5 Å². The molecule has 1 heterocycles. The molecule has 1 aliphatic carbocycles. The molecule has 4 nitrogen and oxygen atoms in total. The van der Waals surface area contributed by atoms with Gasteiger partial charge in [-0.1, -0.05) is 6.07 Å². The average Bonchev–Trinajstić information content (AvgIpc) is 2.84. The van der Waals surface area contributed by atoms with Crippen molar-refractivity contribution in [1.82, 2.24) is 10.3 Å². The quantitative estimate of drug-likeness (QED) is 0.885. The third kappa shape index (κ3) is 2.36. The Morgan fingerprint density at radius 1 is 1.42 bits per heavy atom. The average molecular weight is 258 g/mol. The fourth-order valence-electron chi connectivity index (χ4n) is 2.60. The summed E-state index contributed by atoms with van der Waals surface area (Å²) in [7, 11) is 0. The lowest BCUT2D eigenvalue weighted by atomic mass is 9.89. The summed E-state index contributed by atoms with van der Waals surface area (Å²) in [6, 6.07) is 7.93. The molecule has 0 atom stereocenters. The standard InChI is InChI=1S/C15H18N2O2/c1-2-19-11-8-10(9-11)17-15(18)13-4-3-5-14-12(13)6-7-16-14/h3-7,10-11,16H,2,8-9H2,1H3,(H,17,18). The van der Waals surface area contributed by atoms with Crippen LogP contribution in [0.25, 0.3) is 10.9 Å². The normalized spacial score (nSPS) is 22.2. The molecule has 0 bridgehead atoms. The van der Waals surface area contributed by atoms with E-state index in [2.05, 4.69) is 10.3 Å². The van der Waals surface area contributed by atoms with Crippen LogP contribution >= 0.6 is 0 Å². The summed E-state index contributed by atoms with van der Waals surface area (Å²) >= 11 is 0. The topological polar surface area (TPSA) is 54.1 Å². The van der Waals surface area contributed by atoms with Crippen LogP contribution in [0, 0.1) is 0 Å². The van der Waals surface area contributed by atoms with Crippen LogP contribution in [0.4, 0.5) is 0 Å². The van der Waals surface area contributed by atoms with E-state index in [1.165, 1.54) is 0 Å². The number of amides is 1. The van der Waals surface area contributed by atoms with Crippen molar-refractivity contribution in [2.75, 3.05) is 6.61 Å². The van der Waals surface area contributed by atoms with Crippen LogP contribution in [-0.4, -0.2) is 29.6 Å². The Hall–Kier alpha value is -1.81. The molecule has 0 spiro atoms. The number of nitrogens with one attached hydrogen (secondary N) is 2. The van der Waals surface area contributed by atoms with Gasteiger partial charge >= 0.3 is 0 Å². The maximum absolute atomic E-state index is 12.3. The Morgan fingerprint density at radius 3 is 3.05 bits per heavy atom. The molecule has 1 amide bonds. The van der Waals surface area contributed by atoms with Crippen molar-refractivity contribution >= 4 is 16.8 Å². The number of fused-ring (bicyclic) bond motifs is 1. The lowest BCUT2D eigenvalue weighted by Gasteiger charge is -2.35. The largest absolute Gasteiger partial charge is 0.378 e. The molecule has 1 aromatic carbocycles. The highest BCUT2D eigenvalue weighted by atomic mass is 16.5. The first-order valence-corrected chi connectivity index (χ1v) is 6.76. The van der Waals surface area contributed by atoms with Crippen molar-refractivity contribution in [2.24, 2.45) is 0 Å². The lowest BCUT2D eigenvalue weighted by molar-refractivity contribution is -0.00861. The van der Waals surface area contributed by atoms with Crippen LogP contribution in [0.5, 0.6) is 0 Å². The minimum atomic E-state index is 0.00477. The molecule has 4 heteroatoms. The highest BCUT2D eigenvalue weighted by Gasteiger charge is 2.31. The van der Waals surface area contributed by atoms with Crippen LogP contribution in [0.3, 0.4) is 0 Å². The molecular weight excluding hydrogens is 240 g/mol. The molecule has 19 heavy (non-hydrogen) atoms. The van der Waals surface area contributed by atoms with Gasteiger partial charge in [-0.2, -0.15) is 0 Å². The first-order valence-electron chi connectivity index (χ1n) is 6.76. The number of H-pyrrole nitrogens is 1. The predicted molar refractivity (Wildman–Crippen MR) is 74.2 cm³/mol. The number of hydrogen-bond donors (Lipinski definition) is 2. The molecule has 2 aromatic rings. The number of carbonyl (C=O) groups excluding carboxylic acids is 1. The monoisotopic (exact) mass is 258 g/mol. The van der Waals surface area contributed by atoms with Crippen LogP contribution in [0.2, 0.25) is 0 Å². The molecule has 0 radical (unpaired) electrons. The number of ether oxygens (including phenoxy) is 1. The zero-order valence-electron chi connectivity index (χ0n) is 11.0. The highest BCUT2D eigenvalue weighted by molar-refractivity contribution is 6.06. The van der Waals surface area contributed by atoms with Gasteiger partial charge in [-0.25, -0.2) is 0 Å². The number of aromatic nitrogens is 1. The highest BCUT2D eigenvalue weighted by Crippen LogP contribution is 2.24. The maximum atomic E-state index is 12.3. The Kier molecular flexibility index (Phi) is 3.25. The van der Waals surface area contributed by atoms with Gasteiger partial charge in [-0.15, -0.1) is 0 Å². The summed E-state index contributed by atoms with van der Waals surface area (Å²) in [5.41, 5.74) is 1.73. The van der Waals surface area contributed by atoms with Gasteiger partial charge in [0.05, 0.1) is 6.10 Å². The van der Waals surface area contributed by atoms with Crippen molar-refractivity contribution in [2.45, 2.75) is 31.9 Å². The molecule has 0 unspecified atom stereocenters. The summed E-state index contributed by atoms with van der Waals surface area (Å²) < 4.78 is 5.50. The minimum Gasteiger partial charge on any atom is -0.378 e. The summed E-state index contributed by atoms with van der Waals surface area (Å²) in [5, 5.41) is 4.04. The molecule has 1 aliphatic rings. The second-order valence-electron chi connectivity index (χ2n) is 4.96. The molecule has 100 valence electrons. The zero-order valence-corrected chi connectivity index (χ0v) is 11.0. The van der Waals surface area contributed by atoms with E-state index in [1.807, 2.05) is 37.4 Å². The van der Waals surface area contributed by atoms with E-state index in [9.17, 15) is 4.79 Å². The van der Waals surface area contributed by atoms with Gasteiger partial charge in [0.15, 0.2) is 0 Å². The van der Waals surface area contributed by atoms with Gasteiger partial charge in [-0.3, -0.25) is 4.79 Å². The fourth-order valence-corrected chi connectivity index (χ4v) is 2.60. The van der Waals surface area contributed by atoms with E-state index in [4.69, 9.17) is 4.74 Å². The van der Waals surface area contributed by atoms with E-state index in [1.54, 1.807) is 0 Å². The third-order valence-electron chi connectivity index (χ3n) is 3.67. The van der Waals surface area contributed by atoms with Crippen molar-refractivity contribution < 1.29 is 9.53 Å². The Bertz CT molecular complexity index is 585. The number of rotatable bonds is 4. The number of aromatic amines is 1. The minimum absolute atomic E-state index is 0.00477. The first kappa shape index (κ1) is 12.2. The Morgan fingerprint density at radius 2 is 2.26 bits per heavy atom.